The quantitative estimate of drug-likeness (QED) is 0.173. The zero-order valence-corrected chi connectivity index (χ0v) is 28.1. The molecular weight excluding hydrogens is 588 g/mol. The summed E-state index contributed by atoms with van der Waals surface area (Å²) in [4.78, 5) is 0. The summed E-state index contributed by atoms with van der Waals surface area (Å²) in [6.45, 7) is 11.2. The third-order valence-electron chi connectivity index (χ3n) is 13.2. The molecule has 5 rings (SSSR count). The van der Waals surface area contributed by atoms with E-state index in [1.807, 2.05) is 0 Å². The lowest BCUT2D eigenvalue weighted by molar-refractivity contribution is -0.317. The topological polar surface area (TPSA) is 163 Å². The van der Waals surface area contributed by atoms with Gasteiger partial charge in [0.1, 0.15) is 24.4 Å². The van der Waals surface area contributed by atoms with Crippen molar-refractivity contribution < 1.29 is 47.1 Å². The molecule has 0 bridgehead atoms. The Balaban J connectivity index is 1.34. The number of hydrogen-bond donors (Lipinski definition) is 5. The number of ether oxygens (including phenoxy) is 2. The van der Waals surface area contributed by atoms with E-state index >= 15 is 0 Å². The van der Waals surface area contributed by atoms with Crippen LogP contribution in [-0.2, 0) is 24.1 Å². The number of aliphatic hydroxyl groups is 4. The number of hydrogen-bond acceptors (Lipinski definition) is 9. The van der Waals surface area contributed by atoms with Gasteiger partial charge in [-0.15, -0.1) is 0 Å². The standard InChI is InChI=1S/C33H58O10S/c1-18(2)7-6-8-19(3)22-9-10-23-21-16-26(43-44(38,39)40)25-15-20(11-13-33(25,5)24(21)12-14-32(22,23)4)41-31-30(37)29(36)28(35)27(17-34)42-31/h18-31,34-37H,6-17H2,1-5H3,(H,38,39,40)/t19-,20+,21+,22?,23?,24?,25?,26?,27?,28?,29?,30?,31?,32-,33-/m1/s1. The number of aliphatic hydroxyl groups excluding tert-OH is 4. The predicted octanol–water partition coefficient (Wildman–Crippen LogP) is 4.09. The maximum atomic E-state index is 12.2. The third kappa shape index (κ3) is 6.65. The molecule has 11 heteroatoms. The van der Waals surface area contributed by atoms with Gasteiger partial charge in [-0.3, -0.25) is 4.55 Å². The molecule has 4 aliphatic carbocycles. The molecule has 44 heavy (non-hydrogen) atoms. The molecule has 10 unspecified atom stereocenters. The van der Waals surface area contributed by atoms with Gasteiger partial charge in [0, 0.05) is 0 Å². The van der Waals surface area contributed by atoms with E-state index in [0.29, 0.717) is 48.9 Å². The van der Waals surface area contributed by atoms with Crippen molar-refractivity contribution in [3.63, 3.8) is 0 Å². The van der Waals surface area contributed by atoms with Crippen LogP contribution < -0.4 is 0 Å². The van der Waals surface area contributed by atoms with Crippen LogP contribution in [0.15, 0.2) is 0 Å². The van der Waals surface area contributed by atoms with E-state index in [1.165, 1.54) is 32.1 Å². The van der Waals surface area contributed by atoms with Gasteiger partial charge >= 0.3 is 10.4 Å². The van der Waals surface area contributed by atoms with Gasteiger partial charge < -0.3 is 29.9 Å². The summed E-state index contributed by atoms with van der Waals surface area (Å²) in [6, 6.07) is 0. The Morgan fingerprint density at radius 2 is 1.55 bits per heavy atom. The largest absolute Gasteiger partial charge is 0.397 e. The second-order valence-corrected chi connectivity index (χ2v) is 17.1. The van der Waals surface area contributed by atoms with Crippen LogP contribution in [0.5, 0.6) is 0 Å². The average Bonchev–Trinajstić information content (AvgIpc) is 3.30. The fourth-order valence-corrected chi connectivity index (χ4v) is 11.5. The molecule has 0 aromatic rings. The lowest BCUT2D eigenvalue weighted by atomic mass is 9.43. The maximum Gasteiger partial charge on any atom is 0.397 e. The molecule has 0 aromatic carbocycles. The van der Waals surface area contributed by atoms with E-state index in [0.717, 1.165) is 25.2 Å². The van der Waals surface area contributed by atoms with Gasteiger partial charge in [0.05, 0.1) is 18.8 Å². The van der Waals surface area contributed by atoms with E-state index in [9.17, 15) is 33.4 Å². The Hall–Kier alpha value is -0.370. The first-order valence-corrected chi connectivity index (χ1v) is 18.6. The van der Waals surface area contributed by atoms with Crippen LogP contribution >= 0.6 is 0 Å². The summed E-state index contributed by atoms with van der Waals surface area (Å²) in [5.41, 5.74) is 0.00345. The molecule has 10 nitrogen and oxygen atoms in total. The second-order valence-electron chi connectivity index (χ2n) is 16.0. The fraction of sp³-hybridized carbons (Fsp3) is 1.00. The van der Waals surface area contributed by atoms with Gasteiger partial charge in [-0.1, -0.05) is 53.9 Å². The minimum absolute atomic E-state index is 0.203. The zero-order chi connectivity index (χ0) is 32.2. The lowest BCUT2D eigenvalue weighted by Crippen LogP contribution is -2.61. The lowest BCUT2D eigenvalue weighted by Gasteiger charge is -2.63. The number of fused-ring (bicyclic) bond motifs is 5. The molecule has 256 valence electrons. The van der Waals surface area contributed by atoms with Crippen molar-refractivity contribution in [2.75, 3.05) is 6.61 Å². The monoisotopic (exact) mass is 646 g/mol. The molecule has 5 fully saturated rings. The first-order valence-electron chi connectivity index (χ1n) is 17.2. The molecule has 0 aromatic heterocycles. The molecule has 0 spiro atoms. The molecule has 1 saturated heterocycles. The van der Waals surface area contributed by atoms with Crippen LogP contribution in [0.25, 0.3) is 0 Å². The van der Waals surface area contributed by atoms with Gasteiger partial charge in [-0.25, -0.2) is 4.18 Å². The van der Waals surface area contributed by atoms with Crippen LogP contribution in [0.1, 0.15) is 105 Å². The van der Waals surface area contributed by atoms with Crippen LogP contribution in [0, 0.1) is 52.3 Å². The summed E-state index contributed by atoms with van der Waals surface area (Å²) in [7, 11) is -4.69. The Labute approximate surface area is 264 Å². The molecule has 1 heterocycles. The van der Waals surface area contributed by atoms with Crippen LogP contribution in [0.3, 0.4) is 0 Å². The van der Waals surface area contributed by atoms with E-state index < -0.39 is 59.9 Å². The molecule has 0 amide bonds. The van der Waals surface area contributed by atoms with Crippen molar-refractivity contribution >= 4 is 10.4 Å². The predicted molar refractivity (Wildman–Crippen MR) is 164 cm³/mol. The van der Waals surface area contributed by atoms with Crippen molar-refractivity contribution in [1.29, 1.82) is 0 Å². The van der Waals surface area contributed by atoms with E-state index in [2.05, 4.69) is 34.6 Å². The smallest absolute Gasteiger partial charge is 0.394 e. The van der Waals surface area contributed by atoms with Crippen molar-refractivity contribution in [3.8, 4) is 0 Å². The van der Waals surface area contributed by atoms with Gasteiger partial charge in [-0.05, 0) is 104 Å². The van der Waals surface area contributed by atoms with Gasteiger partial charge in [-0.2, -0.15) is 8.42 Å². The summed E-state index contributed by atoms with van der Waals surface area (Å²) in [5.74, 6) is 3.06. The molecule has 15 atom stereocenters. The Kier molecular flexibility index (Phi) is 10.5. The van der Waals surface area contributed by atoms with Crippen molar-refractivity contribution in [1.82, 2.24) is 0 Å². The summed E-state index contributed by atoms with van der Waals surface area (Å²) >= 11 is 0. The Morgan fingerprint density at radius 1 is 0.864 bits per heavy atom. The Bertz CT molecular complexity index is 1080. The summed E-state index contributed by atoms with van der Waals surface area (Å²) in [5, 5.41) is 40.6. The second kappa shape index (κ2) is 13.3. The minimum Gasteiger partial charge on any atom is -0.394 e. The highest BCUT2D eigenvalue weighted by atomic mass is 32.3. The minimum atomic E-state index is -4.69. The number of rotatable bonds is 10. The van der Waals surface area contributed by atoms with Crippen molar-refractivity contribution in [2.24, 2.45) is 52.3 Å². The molecule has 1 aliphatic heterocycles. The van der Waals surface area contributed by atoms with Crippen molar-refractivity contribution in [3.05, 3.63) is 0 Å². The van der Waals surface area contributed by atoms with Gasteiger partial charge in [0.2, 0.25) is 0 Å². The molecule has 5 aliphatic rings. The van der Waals surface area contributed by atoms with E-state index in [-0.39, 0.29) is 16.7 Å². The van der Waals surface area contributed by atoms with Crippen LogP contribution in [0.2, 0.25) is 0 Å². The molecule has 5 N–H and O–H groups in total. The molecule has 0 radical (unpaired) electrons. The SMILES string of the molecule is CC(C)CCC[C@@H](C)C1CCC2[C@@H]3CC(OS(=O)(=O)O)C4C[C@@H](OC5OC(CO)C(O)C(O)C5O)CC[C@]4(C)C3CC[C@@]21C. The maximum absolute atomic E-state index is 12.2. The first-order chi connectivity index (χ1) is 20.6. The average molecular weight is 647 g/mol. The normalized spacial score (nSPS) is 48.4. The summed E-state index contributed by atoms with van der Waals surface area (Å²) < 4.78 is 51.5. The highest BCUT2D eigenvalue weighted by molar-refractivity contribution is 7.80. The van der Waals surface area contributed by atoms with Crippen LogP contribution in [0.4, 0.5) is 0 Å². The highest BCUT2D eigenvalue weighted by Gasteiger charge is 2.63. The van der Waals surface area contributed by atoms with Crippen LogP contribution in [-0.4, -0.2) is 82.9 Å². The molecular formula is C33H58O10S. The first kappa shape index (κ1) is 35.0. The van der Waals surface area contributed by atoms with Crippen molar-refractivity contribution in [2.45, 2.75) is 148 Å². The van der Waals surface area contributed by atoms with Gasteiger partial charge in [0.15, 0.2) is 6.29 Å². The van der Waals surface area contributed by atoms with E-state index in [4.69, 9.17) is 13.7 Å². The Morgan fingerprint density at radius 3 is 2.20 bits per heavy atom. The highest BCUT2D eigenvalue weighted by Crippen LogP contribution is 2.69. The van der Waals surface area contributed by atoms with Gasteiger partial charge in [0.25, 0.3) is 0 Å². The summed E-state index contributed by atoms with van der Waals surface area (Å²) in [6.07, 6.45) is 2.94. The fourth-order valence-electron chi connectivity index (χ4n) is 11.0. The third-order valence-corrected chi connectivity index (χ3v) is 13.7. The molecule has 4 saturated carbocycles. The zero-order valence-electron chi connectivity index (χ0n) is 27.3. The van der Waals surface area contributed by atoms with E-state index in [1.54, 1.807) is 0 Å².